The quantitative estimate of drug-likeness (QED) is 0.548. The highest BCUT2D eigenvalue weighted by Crippen LogP contribution is 2.14. The number of hydrogen-bond donors (Lipinski definition) is 2. The van der Waals surface area contributed by atoms with Crippen LogP contribution in [0.4, 0.5) is 5.69 Å². The summed E-state index contributed by atoms with van der Waals surface area (Å²) < 4.78 is 10.2. The molecule has 0 fully saturated rings. The molecule has 2 aromatic rings. The van der Waals surface area contributed by atoms with Gasteiger partial charge in [-0.1, -0.05) is 18.2 Å². The number of aromatic carboxylic acids is 1. The number of carboxylic acid groups (broad SMARTS) is 1. The van der Waals surface area contributed by atoms with Crippen LogP contribution in [0.15, 0.2) is 54.6 Å². The first kappa shape index (κ1) is 19.7. The molecule has 1 amide bonds. The van der Waals surface area contributed by atoms with Crippen LogP contribution in [-0.4, -0.2) is 36.2 Å². The average molecular weight is 369 g/mol. The van der Waals surface area contributed by atoms with Gasteiger partial charge in [0.1, 0.15) is 5.75 Å². The van der Waals surface area contributed by atoms with Crippen molar-refractivity contribution in [1.82, 2.24) is 0 Å². The Labute approximate surface area is 156 Å². The van der Waals surface area contributed by atoms with Gasteiger partial charge >= 0.3 is 11.9 Å². The standard InChI is InChI=1S/C20H19NO6/c1-2-26-19(23)11-8-14-6-9-17(10-7-14)27-13-18(22)21-16-5-3-4-15(12-16)20(24)25/h3-12H,2,13H2,1H3,(H,21,22)(H,24,25). The van der Waals surface area contributed by atoms with Gasteiger partial charge < -0.3 is 19.9 Å². The number of nitrogens with one attached hydrogen (secondary N) is 1. The van der Waals surface area contributed by atoms with Gasteiger partial charge in [0.05, 0.1) is 12.2 Å². The Hall–Kier alpha value is -3.61. The molecule has 0 radical (unpaired) electrons. The van der Waals surface area contributed by atoms with Crippen LogP contribution in [0, 0.1) is 0 Å². The predicted molar refractivity (Wildman–Crippen MR) is 99.6 cm³/mol. The number of ether oxygens (including phenoxy) is 2. The van der Waals surface area contributed by atoms with Gasteiger partial charge in [-0.15, -0.1) is 0 Å². The lowest BCUT2D eigenvalue weighted by Gasteiger charge is -2.08. The fraction of sp³-hybridized carbons (Fsp3) is 0.150. The topological polar surface area (TPSA) is 102 Å². The fourth-order valence-corrected chi connectivity index (χ4v) is 2.11. The minimum absolute atomic E-state index is 0.0835. The zero-order valence-corrected chi connectivity index (χ0v) is 14.7. The molecular formula is C20H19NO6. The maximum atomic E-state index is 11.9. The molecule has 7 heteroatoms. The van der Waals surface area contributed by atoms with Crippen molar-refractivity contribution in [3.05, 3.63) is 65.7 Å². The number of anilines is 1. The maximum Gasteiger partial charge on any atom is 0.335 e. The highest BCUT2D eigenvalue weighted by atomic mass is 16.5. The van der Waals surface area contributed by atoms with E-state index >= 15 is 0 Å². The third-order valence-corrected chi connectivity index (χ3v) is 3.34. The van der Waals surface area contributed by atoms with E-state index in [1.165, 1.54) is 18.2 Å². The monoisotopic (exact) mass is 369 g/mol. The Kier molecular flexibility index (Phi) is 7.13. The first-order valence-electron chi connectivity index (χ1n) is 8.19. The van der Waals surface area contributed by atoms with Crippen LogP contribution >= 0.6 is 0 Å². The van der Waals surface area contributed by atoms with Gasteiger partial charge in [0.15, 0.2) is 6.61 Å². The van der Waals surface area contributed by atoms with Crippen molar-refractivity contribution in [3.8, 4) is 5.75 Å². The van der Waals surface area contributed by atoms with E-state index in [9.17, 15) is 14.4 Å². The Morgan fingerprint density at radius 2 is 1.85 bits per heavy atom. The molecule has 0 saturated heterocycles. The highest BCUT2D eigenvalue weighted by molar-refractivity contribution is 5.94. The summed E-state index contributed by atoms with van der Waals surface area (Å²) in [4.78, 5) is 34.1. The molecule has 0 aromatic heterocycles. The van der Waals surface area contributed by atoms with E-state index < -0.39 is 17.8 Å². The second-order valence-electron chi connectivity index (χ2n) is 5.38. The lowest BCUT2D eigenvalue weighted by atomic mass is 10.2. The Morgan fingerprint density at radius 3 is 2.52 bits per heavy atom. The molecule has 2 aromatic carbocycles. The molecule has 0 unspecified atom stereocenters. The van der Waals surface area contributed by atoms with Gasteiger partial charge in [-0.05, 0) is 48.9 Å². The summed E-state index contributed by atoms with van der Waals surface area (Å²) in [5, 5.41) is 11.5. The van der Waals surface area contributed by atoms with E-state index in [0.29, 0.717) is 18.0 Å². The third kappa shape index (κ3) is 6.66. The average Bonchev–Trinajstić information content (AvgIpc) is 2.66. The van der Waals surface area contributed by atoms with E-state index in [-0.39, 0.29) is 12.2 Å². The van der Waals surface area contributed by atoms with Crippen molar-refractivity contribution >= 4 is 29.6 Å². The zero-order valence-electron chi connectivity index (χ0n) is 14.7. The van der Waals surface area contributed by atoms with Crippen molar-refractivity contribution in [2.45, 2.75) is 6.92 Å². The summed E-state index contributed by atoms with van der Waals surface area (Å²) in [6.07, 6.45) is 2.95. The maximum absolute atomic E-state index is 11.9. The van der Waals surface area contributed by atoms with Crippen LogP contribution in [-0.2, 0) is 14.3 Å². The molecule has 2 rings (SSSR count). The molecule has 0 aliphatic rings. The molecule has 2 N–H and O–H groups in total. The van der Waals surface area contributed by atoms with Gasteiger partial charge in [-0.25, -0.2) is 9.59 Å². The summed E-state index contributed by atoms with van der Waals surface area (Å²) in [6, 6.07) is 12.7. The third-order valence-electron chi connectivity index (χ3n) is 3.34. The second-order valence-corrected chi connectivity index (χ2v) is 5.38. The zero-order chi connectivity index (χ0) is 19.6. The molecule has 0 aliphatic heterocycles. The summed E-state index contributed by atoms with van der Waals surface area (Å²) in [5.41, 5.74) is 1.24. The van der Waals surface area contributed by atoms with Crippen LogP contribution < -0.4 is 10.1 Å². The largest absolute Gasteiger partial charge is 0.484 e. The number of rotatable bonds is 8. The molecule has 0 atom stereocenters. The number of carbonyl (C=O) groups excluding carboxylic acids is 2. The smallest absolute Gasteiger partial charge is 0.335 e. The Bertz CT molecular complexity index is 842. The number of esters is 1. The van der Waals surface area contributed by atoms with Crippen molar-refractivity contribution in [2.24, 2.45) is 0 Å². The normalized spacial score (nSPS) is 10.4. The van der Waals surface area contributed by atoms with Crippen molar-refractivity contribution in [2.75, 3.05) is 18.5 Å². The lowest BCUT2D eigenvalue weighted by molar-refractivity contribution is -0.137. The number of amides is 1. The van der Waals surface area contributed by atoms with Crippen LogP contribution in [0.25, 0.3) is 6.08 Å². The van der Waals surface area contributed by atoms with Crippen LogP contribution in [0.2, 0.25) is 0 Å². The van der Waals surface area contributed by atoms with E-state index in [4.69, 9.17) is 14.6 Å². The minimum Gasteiger partial charge on any atom is -0.484 e. The first-order valence-corrected chi connectivity index (χ1v) is 8.19. The number of carboxylic acids is 1. The molecular weight excluding hydrogens is 350 g/mol. The SMILES string of the molecule is CCOC(=O)C=Cc1ccc(OCC(=O)Nc2cccc(C(=O)O)c2)cc1. The van der Waals surface area contributed by atoms with Crippen molar-refractivity contribution in [3.63, 3.8) is 0 Å². The molecule has 140 valence electrons. The van der Waals surface area contributed by atoms with Crippen molar-refractivity contribution in [1.29, 1.82) is 0 Å². The van der Waals surface area contributed by atoms with Crippen molar-refractivity contribution < 1.29 is 29.0 Å². The fourth-order valence-electron chi connectivity index (χ4n) is 2.11. The Morgan fingerprint density at radius 1 is 1.11 bits per heavy atom. The van der Waals surface area contributed by atoms with E-state index in [1.54, 1.807) is 49.4 Å². The number of hydrogen-bond acceptors (Lipinski definition) is 5. The van der Waals surface area contributed by atoms with Gasteiger partial charge in [0.2, 0.25) is 0 Å². The molecule has 7 nitrogen and oxygen atoms in total. The first-order chi connectivity index (χ1) is 13.0. The summed E-state index contributed by atoms with van der Waals surface area (Å²) in [5.74, 6) is -1.41. The molecule has 0 saturated carbocycles. The number of carbonyl (C=O) groups is 3. The van der Waals surface area contributed by atoms with E-state index in [0.717, 1.165) is 5.56 Å². The molecule has 27 heavy (non-hydrogen) atoms. The van der Waals surface area contributed by atoms with Gasteiger partial charge in [0, 0.05) is 11.8 Å². The summed E-state index contributed by atoms with van der Waals surface area (Å²) >= 11 is 0. The predicted octanol–water partition coefficient (Wildman–Crippen LogP) is 2.98. The van der Waals surface area contributed by atoms with Crippen LogP contribution in [0.1, 0.15) is 22.8 Å². The second kappa shape index (κ2) is 9.76. The van der Waals surface area contributed by atoms with E-state index in [2.05, 4.69) is 5.32 Å². The molecule has 0 spiro atoms. The van der Waals surface area contributed by atoms with Crippen LogP contribution in [0.5, 0.6) is 5.75 Å². The Balaban J connectivity index is 1.85. The minimum atomic E-state index is -1.07. The summed E-state index contributed by atoms with van der Waals surface area (Å²) in [6.45, 7) is 1.82. The van der Waals surface area contributed by atoms with Gasteiger partial charge in [0.25, 0.3) is 5.91 Å². The summed E-state index contributed by atoms with van der Waals surface area (Å²) in [7, 11) is 0. The van der Waals surface area contributed by atoms with E-state index in [1.807, 2.05) is 0 Å². The lowest BCUT2D eigenvalue weighted by Crippen LogP contribution is -2.20. The number of benzene rings is 2. The molecule has 0 bridgehead atoms. The van der Waals surface area contributed by atoms with Crippen LogP contribution in [0.3, 0.4) is 0 Å². The highest BCUT2D eigenvalue weighted by Gasteiger charge is 2.07. The molecule has 0 heterocycles. The van der Waals surface area contributed by atoms with Gasteiger partial charge in [-0.2, -0.15) is 0 Å². The molecule has 0 aliphatic carbocycles. The van der Waals surface area contributed by atoms with Gasteiger partial charge in [-0.3, -0.25) is 4.79 Å².